The molecule has 0 radical (unpaired) electrons. The quantitative estimate of drug-likeness (QED) is 0.172. The summed E-state index contributed by atoms with van der Waals surface area (Å²) in [7, 11) is 0. The lowest BCUT2D eigenvalue weighted by Gasteiger charge is -2.11. The van der Waals surface area contributed by atoms with Gasteiger partial charge < -0.3 is 27.1 Å². The summed E-state index contributed by atoms with van der Waals surface area (Å²) in [6.07, 6.45) is 0. The van der Waals surface area contributed by atoms with E-state index in [1.165, 1.54) is 120 Å². The predicted octanol–water partition coefficient (Wildman–Crippen LogP) is 23.5. The molecule has 21 aromatic rings. The molecule has 0 aliphatic heterocycles. The minimum Gasteiger partial charge on any atom is -0.456 e. The molecule has 92 heavy (non-hydrogen) atoms. The maximum Gasteiger partial charge on any atom is 0.136 e. The highest BCUT2D eigenvalue weighted by Gasteiger charge is 2.23. The maximum atomic E-state index is 6.39. The lowest BCUT2D eigenvalue weighted by molar-refractivity contribution is 0.669. The van der Waals surface area contributed by atoms with Crippen LogP contribution in [0.3, 0.4) is 0 Å². The van der Waals surface area contributed by atoms with Gasteiger partial charge in [0.05, 0.1) is 44.1 Å². The molecule has 0 N–H and O–H groups in total. The van der Waals surface area contributed by atoms with Crippen LogP contribution in [0.1, 0.15) is 0 Å². The van der Waals surface area contributed by atoms with E-state index in [9.17, 15) is 0 Å². The van der Waals surface area contributed by atoms with Gasteiger partial charge in [-0.05, 0) is 160 Å². The first kappa shape index (κ1) is 50.6. The van der Waals surface area contributed by atoms with Crippen LogP contribution in [-0.2, 0) is 0 Å². The minimum atomic E-state index is 0.912. The molecule has 6 heterocycles. The largest absolute Gasteiger partial charge is 0.456 e. The first-order chi connectivity index (χ1) is 45.6. The third-order valence-corrected chi connectivity index (χ3v) is 19.3. The number of nitrogens with zero attached hydrogens (tertiary/aromatic N) is 4. The topological polar surface area (TPSA) is 46.0 Å². The van der Waals surface area contributed by atoms with Crippen molar-refractivity contribution < 1.29 is 8.83 Å². The van der Waals surface area contributed by atoms with Gasteiger partial charge in [-0.1, -0.05) is 188 Å². The molecule has 0 aliphatic carbocycles. The second-order valence-corrected chi connectivity index (χ2v) is 24.4. The summed E-state index contributed by atoms with van der Waals surface area (Å²) in [6.45, 7) is 0. The molecule has 0 saturated carbocycles. The summed E-state index contributed by atoms with van der Waals surface area (Å²) in [5.74, 6) is 0. The number of para-hydroxylation sites is 6. The molecule has 21 rings (SSSR count). The van der Waals surface area contributed by atoms with Gasteiger partial charge in [-0.3, -0.25) is 0 Å². The second-order valence-electron chi connectivity index (χ2n) is 24.4. The Labute approximate surface area is 526 Å². The molecule has 0 saturated heterocycles. The summed E-state index contributed by atoms with van der Waals surface area (Å²) < 4.78 is 22.4. The molecule has 6 aromatic heterocycles. The van der Waals surface area contributed by atoms with Crippen molar-refractivity contribution in [3.63, 3.8) is 0 Å². The number of rotatable bonds is 5. The molecule has 6 nitrogen and oxygen atoms in total. The zero-order chi connectivity index (χ0) is 60.1. The van der Waals surface area contributed by atoms with Crippen molar-refractivity contribution in [2.75, 3.05) is 0 Å². The Bertz CT molecular complexity index is 6610. The predicted molar refractivity (Wildman–Crippen MR) is 385 cm³/mol. The highest BCUT2D eigenvalue weighted by atomic mass is 16.3. The van der Waals surface area contributed by atoms with E-state index in [4.69, 9.17) is 8.83 Å². The number of benzene rings is 15. The Balaban J connectivity index is 0.000000129. The van der Waals surface area contributed by atoms with Crippen LogP contribution in [-0.4, -0.2) is 18.3 Å². The maximum absolute atomic E-state index is 6.39. The van der Waals surface area contributed by atoms with Crippen LogP contribution in [0.4, 0.5) is 0 Å². The molecule has 0 bridgehead atoms. The summed E-state index contributed by atoms with van der Waals surface area (Å²) >= 11 is 0. The van der Waals surface area contributed by atoms with Gasteiger partial charge in [-0.15, -0.1) is 0 Å². The SMILES string of the molecule is c1ccc(-n2c3cc4c(cc3c3cc5c6ccccc6n(-c6ccc(-c7ccc8ccccc8c7)cc6)c5cc32)oc2ccccc24)cc1.c1ccc(-n2c3cc4c(cc3c3cc5c6ccccc6n(-c6ccc7ccccc7c6)c5cc32)oc2ccccc24)cc1. The molecule has 15 aromatic carbocycles. The van der Waals surface area contributed by atoms with Crippen LogP contribution in [0.25, 0.3) is 187 Å². The highest BCUT2D eigenvalue weighted by molar-refractivity contribution is 6.24. The summed E-state index contributed by atoms with van der Waals surface area (Å²) in [6, 6.07) is 114. The molecular weight excluding hydrogens is 1120 g/mol. The van der Waals surface area contributed by atoms with Gasteiger partial charge in [0.2, 0.25) is 0 Å². The Kier molecular flexibility index (Phi) is 10.8. The van der Waals surface area contributed by atoms with Gasteiger partial charge >= 0.3 is 0 Å². The molecule has 0 fully saturated rings. The van der Waals surface area contributed by atoms with Crippen molar-refractivity contribution in [3.05, 3.63) is 315 Å². The van der Waals surface area contributed by atoms with Crippen molar-refractivity contribution in [1.82, 2.24) is 18.3 Å². The van der Waals surface area contributed by atoms with E-state index in [2.05, 4.69) is 322 Å². The van der Waals surface area contributed by atoms with Crippen LogP contribution in [0.5, 0.6) is 0 Å². The van der Waals surface area contributed by atoms with E-state index >= 15 is 0 Å². The van der Waals surface area contributed by atoms with Gasteiger partial charge in [0.15, 0.2) is 0 Å². The Morgan fingerprint density at radius 3 is 1.03 bits per heavy atom. The van der Waals surface area contributed by atoms with Crippen molar-refractivity contribution in [3.8, 4) is 33.9 Å². The second kappa shape index (κ2) is 19.6. The first-order valence-electron chi connectivity index (χ1n) is 31.5. The number of furan rings is 2. The Morgan fingerprint density at radius 2 is 0.511 bits per heavy atom. The van der Waals surface area contributed by atoms with Crippen molar-refractivity contribution >= 4 is 153 Å². The average molecular weight is 1170 g/mol. The smallest absolute Gasteiger partial charge is 0.136 e. The monoisotopic (exact) mass is 1170 g/mol. The van der Waals surface area contributed by atoms with E-state index in [1.807, 2.05) is 12.1 Å². The fourth-order valence-corrected chi connectivity index (χ4v) is 15.1. The average Bonchev–Trinajstić information content (AvgIpc) is 1.56. The Hall–Kier alpha value is -12.4. The zero-order valence-corrected chi connectivity index (χ0v) is 49.6. The highest BCUT2D eigenvalue weighted by Crippen LogP contribution is 2.45. The normalized spacial score (nSPS) is 12.1. The standard InChI is InChI=1S/C46H28N2O.C40H24N2O/c1-2-12-33(13-3-1)48-42-26-40-36-15-7-9-17-45(36)49-46(40)27-39(42)38-25-37-35-14-6-8-16-41(35)47(43(37)28-44(38)48)34-22-20-30(21-23-34)32-19-18-29-10-4-5-11-31(29)24-32;1-2-12-27(13-3-1)41-36-22-34-30-15-7-9-17-39(30)43-40(34)23-33(36)32-21-31-29-14-6-8-16-35(29)42(37(31)24-38(32)41)28-19-18-25-10-4-5-11-26(25)20-28/h1-28H;1-24H. The van der Waals surface area contributed by atoms with E-state index in [0.29, 0.717) is 0 Å². The van der Waals surface area contributed by atoms with Gasteiger partial charge in [-0.2, -0.15) is 0 Å². The lowest BCUT2D eigenvalue weighted by atomic mass is 10.0. The van der Waals surface area contributed by atoms with E-state index in [1.54, 1.807) is 0 Å². The Morgan fingerprint density at radius 1 is 0.163 bits per heavy atom. The van der Waals surface area contributed by atoms with Crippen molar-refractivity contribution in [2.45, 2.75) is 0 Å². The molecule has 0 amide bonds. The molecule has 0 aliphatic rings. The minimum absolute atomic E-state index is 0.912. The van der Waals surface area contributed by atoms with Gasteiger partial charge in [0, 0.05) is 87.4 Å². The van der Waals surface area contributed by atoms with Crippen LogP contribution < -0.4 is 0 Å². The van der Waals surface area contributed by atoms with Gasteiger partial charge in [-0.25, -0.2) is 0 Å². The summed E-state index contributed by atoms with van der Waals surface area (Å²) in [5.41, 5.74) is 20.1. The molecular formula is C86H52N4O2. The van der Waals surface area contributed by atoms with Crippen LogP contribution in [0.2, 0.25) is 0 Å². The van der Waals surface area contributed by atoms with Gasteiger partial charge in [0.25, 0.3) is 0 Å². The van der Waals surface area contributed by atoms with Gasteiger partial charge in [0.1, 0.15) is 22.3 Å². The fourth-order valence-electron chi connectivity index (χ4n) is 15.1. The number of fused-ring (bicyclic) bond motifs is 20. The number of aromatic nitrogens is 4. The fraction of sp³-hybridized carbons (Fsp3) is 0. The van der Waals surface area contributed by atoms with Crippen molar-refractivity contribution in [2.24, 2.45) is 0 Å². The summed E-state index contributed by atoms with van der Waals surface area (Å²) in [5, 5.41) is 19.3. The number of hydrogen-bond donors (Lipinski definition) is 0. The van der Waals surface area contributed by atoms with E-state index < -0.39 is 0 Å². The summed E-state index contributed by atoms with van der Waals surface area (Å²) in [4.78, 5) is 0. The van der Waals surface area contributed by atoms with Crippen LogP contribution in [0.15, 0.2) is 324 Å². The number of hydrogen-bond acceptors (Lipinski definition) is 2. The van der Waals surface area contributed by atoms with E-state index in [0.717, 1.165) is 66.6 Å². The zero-order valence-electron chi connectivity index (χ0n) is 49.6. The lowest BCUT2D eigenvalue weighted by Crippen LogP contribution is -1.96. The molecule has 6 heteroatoms. The molecule has 428 valence electrons. The molecule has 0 atom stereocenters. The van der Waals surface area contributed by atoms with Crippen LogP contribution in [0, 0.1) is 0 Å². The van der Waals surface area contributed by atoms with E-state index in [-0.39, 0.29) is 0 Å². The van der Waals surface area contributed by atoms with Crippen LogP contribution >= 0.6 is 0 Å². The third kappa shape index (κ3) is 7.55. The molecule has 0 unspecified atom stereocenters. The third-order valence-electron chi connectivity index (χ3n) is 19.3. The van der Waals surface area contributed by atoms with Crippen molar-refractivity contribution in [1.29, 1.82) is 0 Å². The molecule has 0 spiro atoms. The first-order valence-corrected chi connectivity index (χ1v) is 31.5.